The van der Waals surface area contributed by atoms with Crippen molar-refractivity contribution in [3.05, 3.63) is 175 Å². The van der Waals surface area contributed by atoms with Crippen molar-refractivity contribution in [3.63, 3.8) is 0 Å². The third-order valence-corrected chi connectivity index (χ3v) is 10.9. The number of pyridine rings is 1. The van der Waals surface area contributed by atoms with Gasteiger partial charge >= 0.3 is 0 Å². The number of para-hydroxylation sites is 1. The first kappa shape index (κ1) is 28.0. The van der Waals surface area contributed by atoms with Crippen molar-refractivity contribution >= 4 is 43.2 Å². The molecular formula is C48H33N. The van der Waals surface area contributed by atoms with Crippen molar-refractivity contribution in [1.29, 1.82) is 0 Å². The van der Waals surface area contributed by atoms with E-state index >= 15 is 0 Å². The molecule has 1 nitrogen and oxygen atoms in total. The van der Waals surface area contributed by atoms with Crippen molar-refractivity contribution in [1.82, 2.24) is 4.98 Å². The minimum Gasteiger partial charge on any atom is -0.256 e. The van der Waals surface area contributed by atoms with Gasteiger partial charge in [0.15, 0.2) is 0 Å². The lowest BCUT2D eigenvalue weighted by Crippen LogP contribution is -2.14. The highest BCUT2D eigenvalue weighted by atomic mass is 14.7. The summed E-state index contributed by atoms with van der Waals surface area (Å²) in [6.07, 6.45) is 2.10. The molecule has 10 rings (SSSR count). The molecule has 0 radical (unpaired) electrons. The van der Waals surface area contributed by atoms with Gasteiger partial charge in [-0.15, -0.1) is 0 Å². The van der Waals surface area contributed by atoms with E-state index in [2.05, 4.69) is 178 Å². The average Bonchev–Trinajstić information content (AvgIpc) is 3.39. The lowest BCUT2D eigenvalue weighted by atomic mass is 9.81. The number of hydrogen-bond donors (Lipinski definition) is 0. The Morgan fingerprint density at radius 3 is 1.92 bits per heavy atom. The maximum Gasteiger partial charge on any atom is 0.0708 e. The third kappa shape index (κ3) is 4.15. The van der Waals surface area contributed by atoms with Crippen LogP contribution >= 0.6 is 0 Å². The predicted molar refractivity (Wildman–Crippen MR) is 208 cm³/mol. The van der Waals surface area contributed by atoms with Crippen LogP contribution in [0.3, 0.4) is 0 Å². The largest absolute Gasteiger partial charge is 0.256 e. The lowest BCUT2D eigenvalue weighted by Gasteiger charge is -2.22. The van der Waals surface area contributed by atoms with E-state index in [0.29, 0.717) is 0 Å². The molecule has 0 saturated heterocycles. The summed E-state index contributed by atoms with van der Waals surface area (Å²) >= 11 is 0. The van der Waals surface area contributed by atoms with E-state index in [4.69, 9.17) is 4.98 Å². The molecule has 0 fully saturated rings. The molecule has 1 aliphatic carbocycles. The maximum atomic E-state index is 5.04. The first-order valence-corrected chi connectivity index (χ1v) is 17.1. The summed E-state index contributed by atoms with van der Waals surface area (Å²) in [7, 11) is 0. The lowest BCUT2D eigenvalue weighted by molar-refractivity contribution is 0.660. The van der Waals surface area contributed by atoms with Gasteiger partial charge in [0.25, 0.3) is 0 Å². The van der Waals surface area contributed by atoms with Crippen LogP contribution in [0, 0.1) is 0 Å². The van der Waals surface area contributed by atoms with E-state index < -0.39 is 0 Å². The van der Waals surface area contributed by atoms with Crippen molar-refractivity contribution in [3.8, 4) is 44.5 Å². The summed E-state index contributed by atoms with van der Waals surface area (Å²) in [5.74, 6) is 0. The monoisotopic (exact) mass is 623 g/mol. The van der Waals surface area contributed by atoms with E-state index in [9.17, 15) is 0 Å². The molecule has 0 amide bonds. The molecule has 0 atom stereocenters. The molecule has 49 heavy (non-hydrogen) atoms. The molecular weight excluding hydrogens is 591 g/mol. The Morgan fingerprint density at radius 2 is 1.04 bits per heavy atom. The number of aromatic nitrogens is 1. The fourth-order valence-corrected chi connectivity index (χ4v) is 8.49. The zero-order valence-electron chi connectivity index (χ0n) is 27.5. The maximum absolute atomic E-state index is 5.04. The van der Waals surface area contributed by atoms with Gasteiger partial charge in [-0.25, -0.2) is 0 Å². The Morgan fingerprint density at radius 1 is 0.408 bits per heavy atom. The number of hydrogen-bond acceptors (Lipinski definition) is 1. The topological polar surface area (TPSA) is 12.9 Å². The fraction of sp³-hybridized carbons (Fsp3) is 0.0625. The molecule has 9 aromatic rings. The van der Waals surface area contributed by atoms with Crippen LogP contribution in [-0.4, -0.2) is 4.98 Å². The number of benzene rings is 8. The normalized spacial score (nSPS) is 13.3. The van der Waals surface area contributed by atoms with Crippen molar-refractivity contribution in [2.75, 3.05) is 0 Å². The summed E-state index contributed by atoms with van der Waals surface area (Å²) in [5, 5.41) is 8.57. The second kappa shape index (κ2) is 10.5. The van der Waals surface area contributed by atoms with Crippen molar-refractivity contribution < 1.29 is 0 Å². The molecule has 1 heteroatoms. The molecule has 8 aromatic carbocycles. The minimum absolute atomic E-state index is 0.0444. The molecule has 1 heterocycles. The van der Waals surface area contributed by atoms with E-state index in [1.165, 1.54) is 93.3 Å². The van der Waals surface area contributed by atoms with Gasteiger partial charge in [-0.3, -0.25) is 4.98 Å². The molecule has 1 aromatic heterocycles. The van der Waals surface area contributed by atoms with Gasteiger partial charge in [0.1, 0.15) is 0 Å². The summed E-state index contributed by atoms with van der Waals surface area (Å²) in [6.45, 7) is 4.70. The summed E-state index contributed by atoms with van der Waals surface area (Å²) in [6, 6.07) is 58.0. The Hall–Kier alpha value is -6.05. The zero-order valence-corrected chi connectivity index (χ0v) is 27.5. The molecule has 0 bridgehead atoms. The Kier molecular flexibility index (Phi) is 5.99. The SMILES string of the molecule is CC1(C)c2ccccc2-c2ccc(-c3cccc(-c4c5ccccc5c(-c5ccc6ccccc6c5)c5c4cnc4ccccc45)c3)cc21. The van der Waals surface area contributed by atoms with Crippen molar-refractivity contribution in [2.45, 2.75) is 19.3 Å². The van der Waals surface area contributed by atoms with Gasteiger partial charge in [-0.05, 0) is 101 Å². The highest BCUT2D eigenvalue weighted by molar-refractivity contribution is 6.27. The average molecular weight is 624 g/mol. The van der Waals surface area contributed by atoms with Crippen LogP contribution in [-0.2, 0) is 5.41 Å². The molecule has 0 saturated carbocycles. The van der Waals surface area contributed by atoms with E-state index in [0.717, 1.165) is 5.52 Å². The van der Waals surface area contributed by atoms with Gasteiger partial charge in [0.2, 0.25) is 0 Å². The van der Waals surface area contributed by atoms with Crippen molar-refractivity contribution in [2.24, 2.45) is 0 Å². The molecule has 230 valence electrons. The highest BCUT2D eigenvalue weighted by Crippen LogP contribution is 2.50. The zero-order chi connectivity index (χ0) is 32.7. The van der Waals surface area contributed by atoms with E-state index in [1.807, 2.05) is 0 Å². The molecule has 0 unspecified atom stereocenters. The van der Waals surface area contributed by atoms with Crippen LogP contribution in [0.4, 0.5) is 0 Å². The second-order valence-electron chi connectivity index (χ2n) is 13.9. The van der Waals surface area contributed by atoms with Crippen LogP contribution in [0.2, 0.25) is 0 Å². The number of nitrogens with zero attached hydrogens (tertiary/aromatic N) is 1. The molecule has 0 N–H and O–H groups in total. The van der Waals surface area contributed by atoms with Gasteiger partial charge in [0.05, 0.1) is 5.52 Å². The predicted octanol–water partition coefficient (Wildman–Crippen LogP) is 13.0. The fourth-order valence-electron chi connectivity index (χ4n) is 8.49. The Balaban J connectivity index is 1.24. The van der Waals surface area contributed by atoms with Crippen LogP contribution in [0.1, 0.15) is 25.0 Å². The van der Waals surface area contributed by atoms with Gasteiger partial charge in [-0.1, -0.05) is 147 Å². The smallest absolute Gasteiger partial charge is 0.0708 e. The molecule has 0 spiro atoms. The first-order chi connectivity index (χ1) is 24.1. The summed E-state index contributed by atoms with van der Waals surface area (Å²) < 4.78 is 0. The number of rotatable bonds is 3. The Bertz CT molecular complexity index is 2800. The minimum atomic E-state index is -0.0444. The molecule has 0 aliphatic heterocycles. The first-order valence-electron chi connectivity index (χ1n) is 17.1. The van der Waals surface area contributed by atoms with Crippen LogP contribution in [0.15, 0.2) is 164 Å². The number of fused-ring (bicyclic) bond motifs is 8. The summed E-state index contributed by atoms with van der Waals surface area (Å²) in [5.41, 5.74) is 13.8. The van der Waals surface area contributed by atoms with Crippen LogP contribution < -0.4 is 0 Å². The standard InChI is InChI=1S/C48H33N/c1-48(2)42-20-9-7-16-36(42)37-25-24-33(28-43(37)48)32-14-11-15-34(27-32)45-38-17-5-6-18-39(38)46(35-23-22-30-12-3-4-13-31(30)26-35)47-40-19-8-10-21-44(40)49-29-41(45)47/h3-29H,1-2H3. The Labute approximate surface area is 286 Å². The van der Waals surface area contributed by atoms with Crippen LogP contribution in [0.25, 0.3) is 87.7 Å². The summed E-state index contributed by atoms with van der Waals surface area (Å²) in [4.78, 5) is 5.04. The van der Waals surface area contributed by atoms with Crippen LogP contribution in [0.5, 0.6) is 0 Å². The van der Waals surface area contributed by atoms with E-state index in [1.54, 1.807) is 0 Å². The van der Waals surface area contributed by atoms with Gasteiger partial charge in [-0.2, -0.15) is 0 Å². The molecule has 1 aliphatic rings. The highest BCUT2D eigenvalue weighted by Gasteiger charge is 2.35. The van der Waals surface area contributed by atoms with E-state index in [-0.39, 0.29) is 5.41 Å². The third-order valence-electron chi connectivity index (χ3n) is 10.9. The van der Waals surface area contributed by atoms with Gasteiger partial charge < -0.3 is 0 Å². The van der Waals surface area contributed by atoms with Gasteiger partial charge in [0, 0.05) is 27.8 Å². The second-order valence-corrected chi connectivity index (χ2v) is 13.9. The quantitative estimate of drug-likeness (QED) is 0.141.